The fourth-order valence-electron chi connectivity index (χ4n) is 6.00. The van der Waals surface area contributed by atoms with Crippen LogP contribution in [0.15, 0.2) is 48.7 Å². The number of anilines is 2. The van der Waals surface area contributed by atoms with Crippen LogP contribution in [-0.4, -0.2) is 61.4 Å². The molecule has 0 spiro atoms. The van der Waals surface area contributed by atoms with Crippen molar-refractivity contribution in [2.75, 3.05) is 43.5 Å². The van der Waals surface area contributed by atoms with Gasteiger partial charge in [0.25, 0.3) is 0 Å². The minimum atomic E-state index is 0.199. The molecule has 4 atom stereocenters. The molecule has 2 N–H and O–H groups in total. The Morgan fingerprint density at radius 1 is 1.18 bits per heavy atom. The molecule has 0 aliphatic carbocycles. The molecule has 0 bridgehead atoms. The highest BCUT2D eigenvalue weighted by Gasteiger charge is 2.39. The van der Waals surface area contributed by atoms with E-state index in [1.54, 1.807) is 13.3 Å². The lowest BCUT2D eigenvalue weighted by molar-refractivity contribution is 0.111. The van der Waals surface area contributed by atoms with Crippen molar-refractivity contribution in [1.82, 2.24) is 15.2 Å². The minimum absolute atomic E-state index is 0.199. The molecule has 0 saturated carbocycles. The highest BCUT2D eigenvalue weighted by Crippen LogP contribution is 2.42. The number of nitriles is 1. The molecule has 7 nitrogen and oxygen atoms in total. The van der Waals surface area contributed by atoms with Crippen LogP contribution in [-0.2, 0) is 11.3 Å². The van der Waals surface area contributed by atoms with Crippen LogP contribution in [0, 0.1) is 11.3 Å². The van der Waals surface area contributed by atoms with E-state index in [0.717, 1.165) is 43.6 Å². The predicted molar refractivity (Wildman–Crippen MR) is 134 cm³/mol. The van der Waals surface area contributed by atoms with Crippen LogP contribution in [0.4, 0.5) is 11.4 Å². The van der Waals surface area contributed by atoms with Gasteiger partial charge in [0.2, 0.25) is 0 Å². The Labute approximate surface area is 200 Å². The Kier molecular flexibility index (Phi) is 5.37. The molecule has 2 saturated heterocycles. The maximum absolute atomic E-state index is 9.53. The van der Waals surface area contributed by atoms with E-state index in [2.05, 4.69) is 68.7 Å². The summed E-state index contributed by atoms with van der Waals surface area (Å²) < 4.78 is 5.62. The standard InChI is InChI=1S/C27H30N6O/c1-17-14-32(24-8-5-18(11-28)27-22(24)4-3-9-30-27)16-25-21-7-6-20(10-19(21)15-33(17)25)31-23-12-29-13-26(23)34-2/h3-10,17,23,25-26,29,31H,12-16H2,1-2H3/t17-,23+,25-,26+/m1/s1. The third kappa shape index (κ3) is 3.50. The van der Waals surface area contributed by atoms with Crippen LogP contribution in [0.3, 0.4) is 0 Å². The summed E-state index contributed by atoms with van der Waals surface area (Å²) >= 11 is 0. The lowest BCUT2D eigenvalue weighted by Crippen LogP contribution is -2.51. The van der Waals surface area contributed by atoms with Gasteiger partial charge in [0.15, 0.2) is 0 Å². The van der Waals surface area contributed by atoms with Gasteiger partial charge in [0.1, 0.15) is 6.07 Å². The summed E-state index contributed by atoms with van der Waals surface area (Å²) in [5.74, 6) is 0. The zero-order valence-electron chi connectivity index (χ0n) is 19.7. The summed E-state index contributed by atoms with van der Waals surface area (Å²) in [6, 6.07) is 18.3. The molecule has 6 rings (SSSR count). The van der Waals surface area contributed by atoms with E-state index in [-0.39, 0.29) is 6.10 Å². The molecule has 4 heterocycles. The number of fused-ring (bicyclic) bond motifs is 4. The molecule has 7 heteroatoms. The molecule has 3 aliphatic rings. The second-order valence-corrected chi connectivity index (χ2v) is 9.68. The summed E-state index contributed by atoms with van der Waals surface area (Å²) in [5.41, 5.74) is 6.59. The van der Waals surface area contributed by atoms with E-state index < -0.39 is 0 Å². The zero-order valence-corrected chi connectivity index (χ0v) is 19.7. The molecule has 1 aromatic heterocycles. The summed E-state index contributed by atoms with van der Waals surface area (Å²) in [7, 11) is 1.79. The van der Waals surface area contributed by atoms with Crippen molar-refractivity contribution >= 4 is 22.3 Å². The van der Waals surface area contributed by atoms with E-state index in [9.17, 15) is 5.26 Å². The fourth-order valence-corrected chi connectivity index (χ4v) is 6.00. The number of hydrogen-bond donors (Lipinski definition) is 2. The summed E-state index contributed by atoms with van der Waals surface area (Å²) in [6.07, 6.45) is 1.97. The number of hydrogen-bond acceptors (Lipinski definition) is 7. The SMILES string of the molecule is CO[C@H]1CNC[C@@H]1Nc1ccc2c(c1)CN1[C@H](C)CN(c3ccc(C#N)c4ncccc34)C[C@H]21. The van der Waals surface area contributed by atoms with Crippen molar-refractivity contribution < 1.29 is 4.74 Å². The van der Waals surface area contributed by atoms with Crippen molar-refractivity contribution in [3.8, 4) is 6.07 Å². The molecule has 34 heavy (non-hydrogen) atoms. The van der Waals surface area contributed by atoms with Crippen LogP contribution in [0.1, 0.15) is 29.7 Å². The lowest BCUT2D eigenvalue weighted by atomic mass is 9.99. The smallest absolute Gasteiger partial charge is 0.101 e. The molecule has 2 aromatic carbocycles. The van der Waals surface area contributed by atoms with Crippen LogP contribution >= 0.6 is 0 Å². The largest absolute Gasteiger partial charge is 0.378 e. The van der Waals surface area contributed by atoms with Gasteiger partial charge in [-0.25, -0.2) is 0 Å². The maximum atomic E-state index is 9.53. The number of aromatic nitrogens is 1. The Morgan fingerprint density at radius 2 is 2.09 bits per heavy atom. The van der Waals surface area contributed by atoms with E-state index in [1.165, 1.54) is 22.5 Å². The number of nitrogens with one attached hydrogen (secondary N) is 2. The monoisotopic (exact) mass is 454 g/mol. The average Bonchev–Trinajstić information content (AvgIpc) is 3.47. The van der Waals surface area contributed by atoms with Gasteiger partial charge in [-0.2, -0.15) is 5.26 Å². The van der Waals surface area contributed by atoms with Gasteiger partial charge in [-0.05, 0) is 54.4 Å². The molecular formula is C27H30N6O. The average molecular weight is 455 g/mol. The van der Waals surface area contributed by atoms with Gasteiger partial charge >= 0.3 is 0 Å². The Hall–Kier alpha value is -3.18. The van der Waals surface area contributed by atoms with Gasteiger partial charge in [-0.15, -0.1) is 0 Å². The molecule has 3 aliphatic heterocycles. The number of nitrogens with zero attached hydrogens (tertiary/aromatic N) is 4. The van der Waals surface area contributed by atoms with Crippen LogP contribution in [0.25, 0.3) is 10.9 Å². The summed E-state index contributed by atoms with van der Waals surface area (Å²) in [6.45, 7) is 7.00. The first-order chi connectivity index (χ1) is 16.7. The van der Waals surface area contributed by atoms with Gasteiger partial charge in [0, 0.05) is 68.8 Å². The lowest BCUT2D eigenvalue weighted by Gasteiger charge is -2.43. The minimum Gasteiger partial charge on any atom is -0.378 e. The Morgan fingerprint density at radius 3 is 2.94 bits per heavy atom. The number of methoxy groups -OCH3 is 1. The number of pyridine rings is 1. The van der Waals surface area contributed by atoms with E-state index in [0.29, 0.717) is 23.7 Å². The van der Waals surface area contributed by atoms with Crippen molar-refractivity contribution in [2.45, 2.75) is 37.7 Å². The molecular weight excluding hydrogens is 424 g/mol. The van der Waals surface area contributed by atoms with Crippen LogP contribution in [0.2, 0.25) is 0 Å². The zero-order chi connectivity index (χ0) is 23.2. The number of benzene rings is 2. The highest BCUT2D eigenvalue weighted by atomic mass is 16.5. The second kappa shape index (κ2) is 8.55. The third-order valence-electron chi connectivity index (χ3n) is 7.72. The van der Waals surface area contributed by atoms with E-state index in [1.807, 2.05) is 12.1 Å². The molecule has 2 fully saturated rings. The molecule has 0 radical (unpaired) electrons. The summed E-state index contributed by atoms with van der Waals surface area (Å²) in [5, 5.41) is 17.7. The first kappa shape index (κ1) is 21.4. The number of ether oxygens (including phenoxy) is 1. The molecule has 174 valence electrons. The van der Waals surface area contributed by atoms with Crippen molar-refractivity contribution in [1.29, 1.82) is 5.26 Å². The van der Waals surface area contributed by atoms with E-state index >= 15 is 0 Å². The second-order valence-electron chi connectivity index (χ2n) is 9.68. The third-order valence-corrected chi connectivity index (χ3v) is 7.72. The predicted octanol–water partition coefficient (Wildman–Crippen LogP) is 3.27. The van der Waals surface area contributed by atoms with Crippen molar-refractivity contribution in [3.63, 3.8) is 0 Å². The van der Waals surface area contributed by atoms with Gasteiger partial charge in [0.05, 0.1) is 29.3 Å². The number of piperazine rings is 1. The first-order valence-corrected chi connectivity index (χ1v) is 12.1. The van der Waals surface area contributed by atoms with Crippen molar-refractivity contribution in [3.05, 3.63) is 65.4 Å². The molecule has 0 amide bonds. The Balaban J connectivity index is 1.28. The van der Waals surface area contributed by atoms with Gasteiger partial charge in [-0.3, -0.25) is 9.88 Å². The normalized spacial score (nSPS) is 26.3. The number of rotatable bonds is 4. The maximum Gasteiger partial charge on any atom is 0.101 e. The first-order valence-electron chi connectivity index (χ1n) is 12.1. The quantitative estimate of drug-likeness (QED) is 0.627. The van der Waals surface area contributed by atoms with Gasteiger partial charge < -0.3 is 20.3 Å². The highest BCUT2D eigenvalue weighted by molar-refractivity contribution is 5.95. The summed E-state index contributed by atoms with van der Waals surface area (Å²) in [4.78, 5) is 9.62. The Bertz CT molecular complexity index is 1270. The van der Waals surface area contributed by atoms with Gasteiger partial charge in [-0.1, -0.05) is 6.07 Å². The fraction of sp³-hybridized carbons (Fsp3) is 0.407. The topological polar surface area (TPSA) is 76.5 Å². The van der Waals surface area contributed by atoms with Crippen molar-refractivity contribution in [2.24, 2.45) is 0 Å². The van der Waals surface area contributed by atoms with Crippen LogP contribution in [0.5, 0.6) is 0 Å². The van der Waals surface area contributed by atoms with E-state index in [4.69, 9.17) is 4.74 Å². The molecule has 0 unspecified atom stereocenters. The van der Waals surface area contributed by atoms with Crippen LogP contribution < -0.4 is 15.5 Å². The molecule has 3 aromatic rings.